The van der Waals surface area contributed by atoms with Crippen LogP contribution in [0.4, 0.5) is 4.79 Å². The van der Waals surface area contributed by atoms with E-state index in [4.69, 9.17) is 5.11 Å². The Hall–Kier alpha value is -1.79. The molecule has 0 aliphatic carbocycles. The first-order valence-electron chi connectivity index (χ1n) is 6.45. The zero-order valence-electron chi connectivity index (χ0n) is 11.3. The van der Waals surface area contributed by atoms with Gasteiger partial charge in [0.2, 0.25) is 5.91 Å². The van der Waals surface area contributed by atoms with Gasteiger partial charge in [0.1, 0.15) is 0 Å². The van der Waals surface area contributed by atoms with Crippen LogP contribution in [0.15, 0.2) is 0 Å². The Bertz CT molecular complexity index is 357. The van der Waals surface area contributed by atoms with E-state index in [0.29, 0.717) is 13.0 Å². The van der Waals surface area contributed by atoms with Gasteiger partial charge < -0.3 is 20.6 Å². The topological polar surface area (TPSA) is 98.7 Å². The normalized spacial score (nSPS) is 18.3. The molecule has 7 nitrogen and oxygen atoms in total. The zero-order valence-corrected chi connectivity index (χ0v) is 11.3. The smallest absolute Gasteiger partial charge is 0.317 e. The van der Waals surface area contributed by atoms with E-state index in [1.54, 1.807) is 0 Å². The number of amides is 3. The Morgan fingerprint density at radius 2 is 2.21 bits per heavy atom. The molecule has 1 aliphatic rings. The second kappa shape index (κ2) is 6.96. The Kier molecular flexibility index (Phi) is 5.59. The molecule has 0 aromatic carbocycles. The van der Waals surface area contributed by atoms with Crippen molar-refractivity contribution in [3.63, 3.8) is 0 Å². The van der Waals surface area contributed by atoms with Crippen molar-refractivity contribution in [2.24, 2.45) is 0 Å². The van der Waals surface area contributed by atoms with E-state index < -0.39 is 5.97 Å². The minimum absolute atomic E-state index is 0.00541. The zero-order chi connectivity index (χ0) is 14.4. The number of rotatable bonds is 6. The monoisotopic (exact) mass is 271 g/mol. The summed E-state index contributed by atoms with van der Waals surface area (Å²) in [5.74, 6) is -0.924. The minimum Gasteiger partial charge on any atom is -0.481 e. The fourth-order valence-electron chi connectivity index (χ4n) is 1.95. The number of aliphatic carboxylic acids is 1. The van der Waals surface area contributed by atoms with Gasteiger partial charge in [-0.1, -0.05) is 0 Å². The van der Waals surface area contributed by atoms with E-state index in [2.05, 4.69) is 10.6 Å². The number of carboxylic acid groups (broad SMARTS) is 1. The first-order chi connectivity index (χ1) is 8.90. The van der Waals surface area contributed by atoms with Crippen LogP contribution in [0.1, 0.15) is 33.1 Å². The first-order valence-corrected chi connectivity index (χ1v) is 6.45. The maximum absolute atomic E-state index is 11.9. The number of nitrogens with one attached hydrogen (secondary N) is 2. The van der Waals surface area contributed by atoms with Gasteiger partial charge in [0.15, 0.2) is 0 Å². The summed E-state index contributed by atoms with van der Waals surface area (Å²) in [6.45, 7) is 4.22. The van der Waals surface area contributed by atoms with E-state index in [9.17, 15) is 14.4 Å². The molecule has 3 N–H and O–H groups in total. The van der Waals surface area contributed by atoms with Crippen LogP contribution in [-0.4, -0.2) is 53.1 Å². The summed E-state index contributed by atoms with van der Waals surface area (Å²) in [6.07, 6.45) is 1.13. The van der Waals surface area contributed by atoms with Crippen LogP contribution < -0.4 is 10.6 Å². The summed E-state index contributed by atoms with van der Waals surface area (Å²) in [6, 6.07) is -0.389. The van der Waals surface area contributed by atoms with Crippen LogP contribution in [0.5, 0.6) is 0 Å². The summed E-state index contributed by atoms with van der Waals surface area (Å²) < 4.78 is 0. The molecule has 1 fully saturated rings. The highest BCUT2D eigenvalue weighted by molar-refractivity contribution is 5.79. The Labute approximate surface area is 112 Å². The predicted octanol–water partition coefficient (Wildman–Crippen LogP) is 0.160. The molecule has 3 amide bonds. The summed E-state index contributed by atoms with van der Waals surface area (Å²) in [5, 5.41) is 14.1. The van der Waals surface area contributed by atoms with Crippen molar-refractivity contribution in [2.75, 3.05) is 13.1 Å². The SMILES string of the molecule is CC(C)N(CCC(=O)O)C(=O)NCC1CCC(=O)N1. The summed E-state index contributed by atoms with van der Waals surface area (Å²) in [4.78, 5) is 35.0. The molecule has 0 aromatic rings. The van der Waals surface area contributed by atoms with Gasteiger partial charge in [-0.15, -0.1) is 0 Å². The van der Waals surface area contributed by atoms with Gasteiger partial charge in [0, 0.05) is 31.6 Å². The lowest BCUT2D eigenvalue weighted by Gasteiger charge is -2.27. The second-order valence-corrected chi connectivity index (χ2v) is 4.92. The fraction of sp³-hybridized carbons (Fsp3) is 0.750. The molecule has 1 unspecified atom stereocenters. The first kappa shape index (κ1) is 15.3. The lowest BCUT2D eigenvalue weighted by molar-refractivity contribution is -0.137. The molecule has 7 heteroatoms. The molecular weight excluding hydrogens is 250 g/mol. The highest BCUT2D eigenvalue weighted by Crippen LogP contribution is 2.06. The molecule has 1 rings (SSSR count). The molecule has 1 aliphatic heterocycles. The Balaban J connectivity index is 2.39. The quantitative estimate of drug-likeness (QED) is 0.641. The van der Waals surface area contributed by atoms with Gasteiger partial charge in [0.25, 0.3) is 0 Å². The maximum atomic E-state index is 11.9. The van der Waals surface area contributed by atoms with Crippen LogP contribution in [0.2, 0.25) is 0 Å². The van der Waals surface area contributed by atoms with Gasteiger partial charge in [0.05, 0.1) is 6.42 Å². The molecule has 108 valence electrons. The van der Waals surface area contributed by atoms with Crippen molar-refractivity contribution in [2.45, 2.75) is 45.2 Å². The van der Waals surface area contributed by atoms with Crippen molar-refractivity contribution in [1.82, 2.24) is 15.5 Å². The minimum atomic E-state index is -0.929. The van der Waals surface area contributed by atoms with E-state index >= 15 is 0 Å². The summed E-state index contributed by atoms with van der Waals surface area (Å²) in [5.41, 5.74) is 0. The standard InChI is InChI=1S/C12H21N3O4/c1-8(2)15(6-5-11(17)18)12(19)13-7-9-3-4-10(16)14-9/h8-9H,3-7H2,1-2H3,(H,13,19)(H,14,16)(H,17,18). The van der Waals surface area contributed by atoms with Crippen LogP contribution in [0, 0.1) is 0 Å². The highest BCUT2D eigenvalue weighted by atomic mass is 16.4. The molecule has 0 bridgehead atoms. The predicted molar refractivity (Wildman–Crippen MR) is 68.7 cm³/mol. The van der Waals surface area contributed by atoms with Crippen LogP contribution in [-0.2, 0) is 9.59 Å². The van der Waals surface area contributed by atoms with Crippen molar-refractivity contribution >= 4 is 17.9 Å². The van der Waals surface area contributed by atoms with Crippen LogP contribution >= 0.6 is 0 Å². The van der Waals surface area contributed by atoms with E-state index in [1.165, 1.54) is 4.90 Å². The van der Waals surface area contributed by atoms with E-state index in [0.717, 1.165) is 6.42 Å². The molecule has 1 saturated heterocycles. The third-order valence-electron chi connectivity index (χ3n) is 3.04. The largest absolute Gasteiger partial charge is 0.481 e. The summed E-state index contributed by atoms with van der Waals surface area (Å²) in [7, 11) is 0. The van der Waals surface area contributed by atoms with Gasteiger partial charge in [-0.05, 0) is 20.3 Å². The van der Waals surface area contributed by atoms with Crippen molar-refractivity contribution in [3.05, 3.63) is 0 Å². The Morgan fingerprint density at radius 1 is 1.53 bits per heavy atom. The number of carbonyl (C=O) groups excluding carboxylic acids is 2. The van der Waals surface area contributed by atoms with Crippen molar-refractivity contribution in [1.29, 1.82) is 0 Å². The third kappa shape index (κ3) is 5.15. The molecule has 0 saturated carbocycles. The van der Waals surface area contributed by atoms with Gasteiger partial charge >= 0.3 is 12.0 Å². The van der Waals surface area contributed by atoms with Crippen molar-refractivity contribution in [3.8, 4) is 0 Å². The summed E-state index contributed by atoms with van der Waals surface area (Å²) >= 11 is 0. The highest BCUT2D eigenvalue weighted by Gasteiger charge is 2.23. The molecule has 0 radical (unpaired) electrons. The lowest BCUT2D eigenvalue weighted by atomic mass is 10.2. The molecule has 1 heterocycles. The van der Waals surface area contributed by atoms with Crippen LogP contribution in [0.25, 0.3) is 0 Å². The number of urea groups is 1. The third-order valence-corrected chi connectivity index (χ3v) is 3.04. The van der Waals surface area contributed by atoms with Gasteiger partial charge in [-0.25, -0.2) is 4.79 Å². The molecular formula is C12H21N3O4. The lowest BCUT2D eigenvalue weighted by Crippen LogP contribution is -2.48. The number of hydrogen-bond donors (Lipinski definition) is 3. The maximum Gasteiger partial charge on any atom is 0.317 e. The fourth-order valence-corrected chi connectivity index (χ4v) is 1.95. The number of carboxylic acids is 1. The van der Waals surface area contributed by atoms with E-state index in [-0.39, 0.29) is 37.0 Å². The average molecular weight is 271 g/mol. The second-order valence-electron chi connectivity index (χ2n) is 4.92. The number of hydrogen-bond acceptors (Lipinski definition) is 3. The van der Waals surface area contributed by atoms with Gasteiger partial charge in [-0.2, -0.15) is 0 Å². The molecule has 19 heavy (non-hydrogen) atoms. The van der Waals surface area contributed by atoms with Crippen LogP contribution in [0.3, 0.4) is 0 Å². The number of nitrogens with zero attached hydrogens (tertiary/aromatic N) is 1. The molecule has 1 atom stereocenters. The van der Waals surface area contributed by atoms with E-state index in [1.807, 2.05) is 13.8 Å². The Morgan fingerprint density at radius 3 is 2.68 bits per heavy atom. The molecule has 0 aromatic heterocycles. The van der Waals surface area contributed by atoms with Crippen molar-refractivity contribution < 1.29 is 19.5 Å². The average Bonchev–Trinajstić information content (AvgIpc) is 2.72. The number of carbonyl (C=O) groups is 3. The van der Waals surface area contributed by atoms with Gasteiger partial charge in [-0.3, -0.25) is 9.59 Å². The molecule has 0 spiro atoms.